The van der Waals surface area contributed by atoms with E-state index in [2.05, 4.69) is 4.90 Å². The summed E-state index contributed by atoms with van der Waals surface area (Å²) in [4.78, 5) is 16.9. The molecule has 3 heterocycles. The minimum Gasteiger partial charge on any atom is -0.480 e. The van der Waals surface area contributed by atoms with E-state index in [-0.39, 0.29) is 12.0 Å². The van der Waals surface area contributed by atoms with Gasteiger partial charge in [-0.2, -0.15) is 0 Å². The predicted octanol–water partition coefficient (Wildman–Crippen LogP) is 1.93. The molecule has 4 rings (SSSR count). The Bertz CT molecular complexity index is 650. The number of amides is 1. The molecule has 1 fully saturated rings. The fourth-order valence-electron chi connectivity index (χ4n) is 3.27. The lowest BCUT2D eigenvalue weighted by molar-refractivity contribution is -0.139. The van der Waals surface area contributed by atoms with Crippen LogP contribution in [0.4, 0.5) is 0 Å². The lowest BCUT2D eigenvalue weighted by Gasteiger charge is -2.35. The minimum absolute atomic E-state index is 0.110. The van der Waals surface area contributed by atoms with Crippen LogP contribution < -0.4 is 4.74 Å². The molecule has 5 heteroatoms. The number of hydrogen-bond donors (Lipinski definition) is 0. The Morgan fingerprint density at radius 1 is 1.09 bits per heavy atom. The van der Waals surface area contributed by atoms with Gasteiger partial charge in [0.15, 0.2) is 6.10 Å². The van der Waals surface area contributed by atoms with Crippen LogP contribution in [0.1, 0.15) is 11.3 Å². The predicted molar refractivity (Wildman–Crippen MR) is 85.1 cm³/mol. The maximum Gasteiger partial charge on any atom is 0.264 e. The van der Waals surface area contributed by atoms with Crippen LogP contribution in [-0.2, 0) is 17.8 Å². The monoisotopic (exact) mass is 312 g/mol. The first-order chi connectivity index (χ1) is 11.3. The van der Waals surface area contributed by atoms with Crippen molar-refractivity contribution in [1.29, 1.82) is 0 Å². The van der Waals surface area contributed by atoms with Gasteiger partial charge in [-0.15, -0.1) is 0 Å². The summed E-state index contributed by atoms with van der Waals surface area (Å²) >= 11 is 0. The number of nitrogens with zero attached hydrogens (tertiary/aromatic N) is 2. The Morgan fingerprint density at radius 2 is 1.91 bits per heavy atom. The van der Waals surface area contributed by atoms with Gasteiger partial charge in [-0.05, 0) is 23.8 Å². The largest absolute Gasteiger partial charge is 0.480 e. The zero-order valence-corrected chi connectivity index (χ0v) is 13.0. The molecule has 23 heavy (non-hydrogen) atoms. The van der Waals surface area contributed by atoms with Gasteiger partial charge in [0.1, 0.15) is 11.5 Å². The lowest BCUT2D eigenvalue weighted by Crippen LogP contribution is -2.51. The molecule has 2 aliphatic heterocycles. The molecule has 0 bridgehead atoms. The molecule has 0 spiro atoms. The average Bonchev–Trinajstić information content (AvgIpc) is 3.24. The van der Waals surface area contributed by atoms with Gasteiger partial charge in [-0.1, -0.05) is 18.2 Å². The summed E-state index contributed by atoms with van der Waals surface area (Å²) in [5, 5.41) is 0. The molecule has 0 aliphatic carbocycles. The van der Waals surface area contributed by atoms with Crippen molar-refractivity contribution in [1.82, 2.24) is 9.80 Å². The third-order valence-electron chi connectivity index (χ3n) is 4.57. The zero-order valence-electron chi connectivity index (χ0n) is 13.0. The molecule has 2 aromatic rings. The SMILES string of the molecule is O=C(C1Cc2ccccc2O1)N1CCN(Cc2ccco2)CC1. The Morgan fingerprint density at radius 3 is 2.65 bits per heavy atom. The maximum absolute atomic E-state index is 12.7. The van der Waals surface area contributed by atoms with Crippen molar-refractivity contribution in [3.8, 4) is 5.75 Å². The molecular formula is C18H20N2O3. The van der Waals surface area contributed by atoms with E-state index in [1.807, 2.05) is 41.3 Å². The molecule has 1 aromatic carbocycles. The molecule has 1 atom stereocenters. The number of ether oxygens (including phenoxy) is 1. The maximum atomic E-state index is 12.7. The summed E-state index contributed by atoms with van der Waals surface area (Å²) in [7, 11) is 0. The van der Waals surface area contributed by atoms with Gasteiger partial charge in [0.25, 0.3) is 5.91 Å². The van der Waals surface area contributed by atoms with Gasteiger partial charge in [0.2, 0.25) is 0 Å². The molecule has 1 unspecified atom stereocenters. The van der Waals surface area contributed by atoms with Crippen molar-refractivity contribution in [2.45, 2.75) is 19.1 Å². The topological polar surface area (TPSA) is 45.9 Å². The highest BCUT2D eigenvalue weighted by molar-refractivity contribution is 5.82. The number of hydrogen-bond acceptors (Lipinski definition) is 4. The number of para-hydroxylation sites is 1. The van der Waals surface area contributed by atoms with Crippen LogP contribution in [0.2, 0.25) is 0 Å². The molecule has 120 valence electrons. The Labute approximate surface area is 135 Å². The number of piperazine rings is 1. The highest BCUT2D eigenvalue weighted by Gasteiger charge is 2.33. The van der Waals surface area contributed by atoms with E-state index in [4.69, 9.17) is 9.15 Å². The highest BCUT2D eigenvalue weighted by Crippen LogP contribution is 2.29. The molecule has 1 amide bonds. The van der Waals surface area contributed by atoms with Crippen LogP contribution in [0.5, 0.6) is 5.75 Å². The first-order valence-electron chi connectivity index (χ1n) is 8.08. The number of benzene rings is 1. The standard InChI is InChI=1S/C18H20N2O3/c21-18(17-12-14-4-1-2-6-16(14)23-17)20-9-7-19(8-10-20)13-15-5-3-11-22-15/h1-6,11,17H,7-10,12-13H2. The molecule has 0 N–H and O–H groups in total. The van der Waals surface area contributed by atoms with Crippen LogP contribution in [0, 0.1) is 0 Å². The van der Waals surface area contributed by atoms with E-state index in [1.54, 1.807) is 6.26 Å². The fraction of sp³-hybridized carbons (Fsp3) is 0.389. The number of fused-ring (bicyclic) bond motifs is 1. The number of carbonyl (C=O) groups excluding carboxylic acids is 1. The summed E-state index contributed by atoms with van der Waals surface area (Å²) in [6.07, 6.45) is 2.02. The fourth-order valence-corrected chi connectivity index (χ4v) is 3.27. The van der Waals surface area contributed by atoms with Crippen molar-refractivity contribution >= 4 is 5.91 Å². The second-order valence-corrected chi connectivity index (χ2v) is 6.10. The van der Waals surface area contributed by atoms with E-state index in [0.29, 0.717) is 6.42 Å². The summed E-state index contributed by atoms with van der Waals surface area (Å²) in [5.41, 5.74) is 1.13. The number of rotatable bonds is 3. The van der Waals surface area contributed by atoms with Crippen molar-refractivity contribution in [3.63, 3.8) is 0 Å². The van der Waals surface area contributed by atoms with Gasteiger partial charge in [-0.3, -0.25) is 9.69 Å². The van der Waals surface area contributed by atoms with Gasteiger partial charge >= 0.3 is 0 Å². The molecule has 1 saturated heterocycles. The van der Waals surface area contributed by atoms with E-state index >= 15 is 0 Å². The van der Waals surface area contributed by atoms with Crippen LogP contribution in [0.15, 0.2) is 47.1 Å². The van der Waals surface area contributed by atoms with E-state index in [1.165, 1.54) is 0 Å². The quantitative estimate of drug-likeness (QED) is 0.869. The smallest absolute Gasteiger partial charge is 0.264 e. The van der Waals surface area contributed by atoms with Crippen LogP contribution in [-0.4, -0.2) is 48.0 Å². The number of carbonyl (C=O) groups is 1. The second kappa shape index (κ2) is 6.08. The Kier molecular flexibility index (Phi) is 3.79. The van der Waals surface area contributed by atoms with Crippen molar-refractivity contribution < 1.29 is 13.9 Å². The summed E-state index contributed by atoms with van der Waals surface area (Å²) in [6.45, 7) is 4.03. The summed E-state index contributed by atoms with van der Waals surface area (Å²) < 4.78 is 11.2. The van der Waals surface area contributed by atoms with Gasteiger partial charge in [0.05, 0.1) is 12.8 Å². The molecular weight excluding hydrogens is 292 g/mol. The lowest BCUT2D eigenvalue weighted by atomic mass is 10.1. The first kappa shape index (κ1) is 14.3. The van der Waals surface area contributed by atoms with Gasteiger partial charge < -0.3 is 14.1 Å². The van der Waals surface area contributed by atoms with Gasteiger partial charge in [0, 0.05) is 32.6 Å². The molecule has 0 radical (unpaired) electrons. The molecule has 0 saturated carbocycles. The normalized spacial score (nSPS) is 21.0. The van der Waals surface area contributed by atoms with Crippen LogP contribution in [0.3, 0.4) is 0 Å². The van der Waals surface area contributed by atoms with Crippen LogP contribution >= 0.6 is 0 Å². The molecule has 5 nitrogen and oxygen atoms in total. The Hall–Kier alpha value is -2.27. The van der Waals surface area contributed by atoms with E-state index in [9.17, 15) is 4.79 Å². The van der Waals surface area contributed by atoms with Crippen LogP contribution in [0.25, 0.3) is 0 Å². The minimum atomic E-state index is -0.357. The van der Waals surface area contributed by atoms with Crippen molar-refractivity contribution in [2.24, 2.45) is 0 Å². The molecule has 2 aliphatic rings. The number of furan rings is 1. The van der Waals surface area contributed by atoms with E-state index in [0.717, 1.165) is 49.8 Å². The Balaban J connectivity index is 1.31. The third-order valence-corrected chi connectivity index (χ3v) is 4.57. The molecule has 1 aromatic heterocycles. The van der Waals surface area contributed by atoms with Crippen molar-refractivity contribution in [3.05, 3.63) is 54.0 Å². The summed E-state index contributed by atoms with van der Waals surface area (Å²) in [5.74, 6) is 1.93. The zero-order chi connectivity index (χ0) is 15.6. The first-order valence-corrected chi connectivity index (χ1v) is 8.08. The third kappa shape index (κ3) is 2.97. The summed E-state index contributed by atoms with van der Waals surface area (Å²) in [6, 6.07) is 11.8. The van der Waals surface area contributed by atoms with Crippen molar-refractivity contribution in [2.75, 3.05) is 26.2 Å². The average molecular weight is 312 g/mol. The van der Waals surface area contributed by atoms with E-state index < -0.39 is 0 Å². The van der Waals surface area contributed by atoms with Gasteiger partial charge in [-0.25, -0.2) is 0 Å². The second-order valence-electron chi connectivity index (χ2n) is 6.10. The highest BCUT2D eigenvalue weighted by atomic mass is 16.5.